The van der Waals surface area contributed by atoms with Crippen LogP contribution in [0.5, 0.6) is 0 Å². The number of fused-ring (bicyclic) bond motifs is 2. The van der Waals surface area contributed by atoms with Gasteiger partial charge in [-0.15, -0.1) is 0 Å². The van der Waals surface area contributed by atoms with Gasteiger partial charge >= 0.3 is 0 Å². The molecule has 3 heteroatoms. The van der Waals surface area contributed by atoms with E-state index >= 15 is 0 Å². The van der Waals surface area contributed by atoms with E-state index in [1.165, 1.54) is 90.7 Å². The van der Waals surface area contributed by atoms with Crippen LogP contribution in [0.2, 0.25) is 0 Å². The topological polar surface area (TPSA) is 12.4 Å². The van der Waals surface area contributed by atoms with Crippen molar-refractivity contribution < 1.29 is 17.0 Å². The molecule has 0 radical (unpaired) electrons. The van der Waals surface area contributed by atoms with Crippen molar-refractivity contribution in [1.29, 1.82) is 0 Å². The van der Waals surface area contributed by atoms with Gasteiger partial charge in [0.2, 0.25) is 0 Å². The highest BCUT2D eigenvalue weighted by Gasteiger charge is 2.47. The van der Waals surface area contributed by atoms with E-state index in [0.717, 1.165) is 12.6 Å². The van der Waals surface area contributed by atoms with E-state index in [1.54, 1.807) is 11.1 Å². The number of aliphatic imine (C=N–C) groups is 1. The maximum Gasteiger partial charge on any atom is 0.116 e. The Bertz CT molecular complexity index is 1420. The number of allylic oxidation sites excluding steroid dienone is 5. The van der Waals surface area contributed by atoms with Gasteiger partial charge in [0.15, 0.2) is 0 Å². The quantitative estimate of drug-likeness (QED) is 0.144. The number of nitrogens with zero attached hydrogens (tertiary/aromatic N) is 1. The molecule has 0 aromatic heterocycles. The van der Waals surface area contributed by atoms with Gasteiger partial charge in [0, 0.05) is 17.2 Å². The summed E-state index contributed by atoms with van der Waals surface area (Å²) in [4.78, 5) is 5.58. The van der Waals surface area contributed by atoms with Crippen LogP contribution in [0.1, 0.15) is 85.0 Å². The Morgan fingerprint density at radius 2 is 1.30 bits per heavy atom. The largest absolute Gasteiger partial charge is 1.00 e. The zero-order valence-electron chi connectivity index (χ0n) is 26.9. The number of halogens is 1. The van der Waals surface area contributed by atoms with Crippen molar-refractivity contribution in [2.75, 3.05) is 6.16 Å². The fourth-order valence-corrected chi connectivity index (χ4v) is 11.8. The first-order chi connectivity index (χ1) is 21.0. The molecule has 1 fully saturated rings. The summed E-state index contributed by atoms with van der Waals surface area (Å²) in [7, 11) is -2.00. The maximum absolute atomic E-state index is 5.58. The van der Waals surface area contributed by atoms with Crippen LogP contribution in [0.25, 0.3) is 0 Å². The minimum absolute atomic E-state index is 0. The number of hydrogen-bond donors (Lipinski definition) is 0. The molecule has 1 unspecified atom stereocenters. The van der Waals surface area contributed by atoms with Gasteiger partial charge in [-0.2, -0.15) is 0 Å². The van der Waals surface area contributed by atoms with E-state index in [0.29, 0.717) is 11.3 Å². The summed E-state index contributed by atoms with van der Waals surface area (Å²) >= 11 is 0. The number of unbranched alkanes of at least 4 members (excludes halogenated alkanes) is 5. The van der Waals surface area contributed by atoms with Crippen molar-refractivity contribution in [1.82, 2.24) is 0 Å². The Morgan fingerprint density at radius 1 is 0.750 bits per heavy atom. The van der Waals surface area contributed by atoms with Crippen molar-refractivity contribution in [2.24, 2.45) is 16.3 Å². The van der Waals surface area contributed by atoms with Crippen LogP contribution in [0.15, 0.2) is 131 Å². The average molecular weight is 667 g/mol. The van der Waals surface area contributed by atoms with E-state index in [4.69, 9.17) is 4.99 Å². The lowest BCUT2D eigenvalue weighted by atomic mass is 9.72. The summed E-state index contributed by atoms with van der Waals surface area (Å²) in [5.41, 5.74) is 7.66. The molecule has 1 heterocycles. The van der Waals surface area contributed by atoms with Gasteiger partial charge in [-0.3, -0.25) is 4.99 Å². The summed E-state index contributed by atoms with van der Waals surface area (Å²) in [5, 5.41) is 4.34. The lowest BCUT2D eigenvalue weighted by Crippen LogP contribution is -3.00. The number of rotatable bonds is 12. The van der Waals surface area contributed by atoms with Gasteiger partial charge in [-0.25, -0.2) is 0 Å². The van der Waals surface area contributed by atoms with Gasteiger partial charge in [0.25, 0.3) is 0 Å². The Labute approximate surface area is 277 Å². The molecule has 1 nitrogen and oxygen atoms in total. The smallest absolute Gasteiger partial charge is 0.116 e. The first kappa shape index (κ1) is 32.8. The van der Waals surface area contributed by atoms with E-state index in [2.05, 4.69) is 124 Å². The third-order valence-corrected chi connectivity index (χ3v) is 14.3. The summed E-state index contributed by atoms with van der Waals surface area (Å²) in [6, 6.07) is 34.0. The van der Waals surface area contributed by atoms with Crippen molar-refractivity contribution in [3.05, 3.63) is 126 Å². The fraction of sp³-hybridized carbons (Fsp3) is 0.390. The molecule has 2 aliphatic carbocycles. The third-order valence-electron chi connectivity index (χ3n) is 9.94. The predicted molar refractivity (Wildman–Crippen MR) is 190 cm³/mol. The molecule has 1 saturated carbocycles. The van der Waals surface area contributed by atoms with Crippen molar-refractivity contribution in [2.45, 2.75) is 85.0 Å². The molecule has 3 aromatic rings. The monoisotopic (exact) mass is 665 g/mol. The van der Waals surface area contributed by atoms with Crippen molar-refractivity contribution in [3.8, 4) is 0 Å². The highest BCUT2D eigenvalue weighted by atomic mass is 79.9. The molecule has 3 aromatic carbocycles. The number of hydrogen-bond acceptors (Lipinski definition) is 1. The molecule has 6 rings (SSSR count). The molecule has 0 saturated heterocycles. The predicted octanol–water partition coefficient (Wildman–Crippen LogP) is 7.14. The molecule has 0 spiro atoms. The Balaban J connectivity index is 0.00000384. The molecular formula is C41H49BrNP. The summed E-state index contributed by atoms with van der Waals surface area (Å²) in [6.45, 7) is 7.16. The first-order valence-corrected chi connectivity index (χ1v) is 18.8. The molecular weight excluding hydrogens is 617 g/mol. The second-order valence-corrected chi connectivity index (χ2v) is 17.1. The lowest BCUT2D eigenvalue weighted by Gasteiger charge is -2.32. The molecule has 230 valence electrons. The van der Waals surface area contributed by atoms with Gasteiger partial charge in [-0.05, 0) is 78.6 Å². The minimum atomic E-state index is -2.00. The zero-order valence-corrected chi connectivity index (χ0v) is 29.4. The number of benzene rings is 3. The average Bonchev–Trinajstić information content (AvgIpc) is 3.41. The van der Waals surface area contributed by atoms with Gasteiger partial charge < -0.3 is 17.0 Å². The second-order valence-electron chi connectivity index (χ2n) is 13.7. The first-order valence-electron chi connectivity index (χ1n) is 16.8. The van der Waals surface area contributed by atoms with E-state index in [1.807, 2.05) is 0 Å². The van der Waals surface area contributed by atoms with Crippen LogP contribution in [0.3, 0.4) is 0 Å². The van der Waals surface area contributed by atoms with E-state index in [9.17, 15) is 0 Å². The van der Waals surface area contributed by atoms with Crippen LogP contribution in [-0.4, -0.2) is 11.9 Å². The lowest BCUT2D eigenvalue weighted by molar-refractivity contribution is -0.00000927. The second kappa shape index (κ2) is 14.7. The SMILES string of the molecule is CCCCCCCCC1C=CC(C[P+](c2ccccc2)(c2ccccc2)c2ccccc2)=C2N=C3CC(C)(C)CCC3=C21.[Br-]. The van der Waals surface area contributed by atoms with Crippen LogP contribution in [0.4, 0.5) is 0 Å². The highest BCUT2D eigenvalue weighted by Crippen LogP contribution is 2.58. The molecule has 44 heavy (non-hydrogen) atoms. The molecule has 1 aliphatic heterocycles. The van der Waals surface area contributed by atoms with Crippen LogP contribution < -0.4 is 32.9 Å². The minimum Gasteiger partial charge on any atom is -1.00 e. The summed E-state index contributed by atoms with van der Waals surface area (Å²) in [6.07, 6.45) is 19.0. The maximum atomic E-state index is 5.58. The van der Waals surface area contributed by atoms with Crippen molar-refractivity contribution in [3.63, 3.8) is 0 Å². The Hall–Kier alpha value is -2.54. The molecule has 0 amide bonds. The normalized spacial score (nSPS) is 18.9. The molecule has 3 aliphatic rings. The van der Waals surface area contributed by atoms with Crippen LogP contribution >= 0.6 is 7.26 Å². The van der Waals surface area contributed by atoms with Crippen LogP contribution in [-0.2, 0) is 0 Å². The molecule has 0 N–H and O–H groups in total. The van der Waals surface area contributed by atoms with E-state index in [-0.39, 0.29) is 17.0 Å². The Morgan fingerprint density at radius 3 is 1.86 bits per heavy atom. The van der Waals surface area contributed by atoms with E-state index < -0.39 is 7.26 Å². The highest BCUT2D eigenvalue weighted by molar-refractivity contribution is 7.95. The van der Waals surface area contributed by atoms with Crippen molar-refractivity contribution >= 4 is 28.9 Å². The van der Waals surface area contributed by atoms with Gasteiger partial charge in [-0.1, -0.05) is 126 Å². The summed E-state index contributed by atoms with van der Waals surface area (Å²) in [5.74, 6) is 0.500. The van der Waals surface area contributed by atoms with Gasteiger partial charge in [0.1, 0.15) is 29.3 Å². The third kappa shape index (κ3) is 6.83. The Kier molecular flexibility index (Phi) is 11.0. The molecule has 0 bridgehead atoms. The zero-order chi connectivity index (χ0) is 29.7. The van der Waals surface area contributed by atoms with Gasteiger partial charge in [0.05, 0.1) is 5.70 Å². The van der Waals surface area contributed by atoms with Crippen LogP contribution in [0, 0.1) is 11.3 Å². The molecule has 1 atom stereocenters. The fourth-order valence-electron chi connectivity index (χ4n) is 7.58. The standard InChI is InChI=1S/C41H49NP.BrH/c1-4-5-6-7-8-12-19-32-26-27-33(40-39(32)37-28-29-41(2,3)30-38(37)42-40)31-43(34-20-13-9-14-21-34,35-22-15-10-16-23-35)36-24-17-11-18-25-36;/h9-11,13-18,20-27,32H,4-8,12,19,28-31H2,1-3H3;1H/q+1;/p-1. The summed E-state index contributed by atoms with van der Waals surface area (Å²) < 4.78 is 0.